The van der Waals surface area contributed by atoms with Crippen LogP contribution in [0.4, 0.5) is 0 Å². The van der Waals surface area contributed by atoms with Crippen LogP contribution in [-0.2, 0) is 10.0 Å². The highest BCUT2D eigenvalue weighted by atomic mass is 35.5. The van der Waals surface area contributed by atoms with Crippen LogP contribution >= 0.6 is 11.6 Å². The van der Waals surface area contributed by atoms with Crippen molar-refractivity contribution in [3.05, 3.63) is 64.7 Å². The van der Waals surface area contributed by atoms with E-state index in [0.29, 0.717) is 16.4 Å². The largest absolute Gasteiger partial charge is 0.285 e. The van der Waals surface area contributed by atoms with Crippen LogP contribution in [0.15, 0.2) is 62.9 Å². The van der Waals surface area contributed by atoms with Crippen LogP contribution in [0.5, 0.6) is 0 Å². The molecule has 0 unspecified atom stereocenters. The highest BCUT2D eigenvalue weighted by Gasteiger charge is 2.30. The monoisotopic (exact) mass is 333 g/mol. The Morgan fingerprint density at radius 3 is 2.55 bits per heavy atom. The molecule has 1 aliphatic rings. The first-order valence-electron chi connectivity index (χ1n) is 6.45. The summed E-state index contributed by atoms with van der Waals surface area (Å²) < 4.78 is 27.8. The smallest absolute Gasteiger partial charge is 0.250 e. The predicted octanol–water partition coefficient (Wildman–Crippen LogP) is 2.75. The molecule has 0 radical (unpaired) electrons. The number of sulfonamides is 1. The first-order valence-corrected chi connectivity index (χ1v) is 8.27. The van der Waals surface area contributed by atoms with Crippen LogP contribution in [0.3, 0.4) is 0 Å². The quantitative estimate of drug-likeness (QED) is 0.627. The van der Waals surface area contributed by atoms with Gasteiger partial charge in [0.25, 0.3) is 10.0 Å². The van der Waals surface area contributed by atoms with Crippen LogP contribution in [0.25, 0.3) is 0 Å². The van der Waals surface area contributed by atoms with Gasteiger partial charge in [0.1, 0.15) is 4.90 Å². The molecular weight excluding hydrogens is 322 g/mol. The molecule has 2 aromatic carbocycles. The van der Waals surface area contributed by atoms with Gasteiger partial charge in [0.15, 0.2) is 5.84 Å². The van der Waals surface area contributed by atoms with Crippen molar-refractivity contribution in [3.63, 3.8) is 0 Å². The molecule has 3 rings (SSSR count). The van der Waals surface area contributed by atoms with Crippen molar-refractivity contribution in [1.29, 1.82) is 0 Å². The summed E-state index contributed by atoms with van der Waals surface area (Å²) in [6.07, 6.45) is 1.62. The summed E-state index contributed by atoms with van der Waals surface area (Å²) >= 11 is 5.82. The molecule has 5 nitrogen and oxygen atoms in total. The van der Waals surface area contributed by atoms with E-state index >= 15 is 0 Å². The van der Waals surface area contributed by atoms with Gasteiger partial charge < -0.3 is 0 Å². The van der Waals surface area contributed by atoms with E-state index in [0.717, 1.165) is 5.56 Å². The summed E-state index contributed by atoms with van der Waals surface area (Å²) in [4.78, 5) is 0.207. The zero-order valence-electron chi connectivity index (χ0n) is 11.6. The highest BCUT2D eigenvalue weighted by Crippen LogP contribution is 2.26. The molecule has 0 spiro atoms. The van der Waals surface area contributed by atoms with Crippen molar-refractivity contribution in [1.82, 2.24) is 5.01 Å². The molecule has 7 heteroatoms. The number of rotatable bonds is 2. The minimum absolute atomic E-state index is 0.207. The molecule has 2 aromatic rings. The Balaban J connectivity index is 1.90. The standard InChI is InChI=1S/C15H12ClN3O2S/c1-19(17-10-11-6-8-12(16)9-7-11)15-13-4-2-3-5-14(13)22(20,21)18-15/h2-10H,1H3/b17-10-. The zero-order chi connectivity index (χ0) is 15.7. The van der Waals surface area contributed by atoms with Crippen molar-refractivity contribution in [2.45, 2.75) is 4.90 Å². The second-order valence-corrected chi connectivity index (χ2v) is 6.71. The summed E-state index contributed by atoms with van der Waals surface area (Å²) in [5, 5.41) is 6.33. The van der Waals surface area contributed by atoms with E-state index in [2.05, 4.69) is 9.50 Å². The van der Waals surface area contributed by atoms with Gasteiger partial charge in [-0.05, 0) is 29.8 Å². The fourth-order valence-corrected chi connectivity index (χ4v) is 3.43. The van der Waals surface area contributed by atoms with Crippen LogP contribution < -0.4 is 0 Å². The first kappa shape index (κ1) is 14.7. The Labute approximate surface area is 133 Å². The maximum absolute atomic E-state index is 12.0. The molecule has 0 saturated heterocycles. The minimum atomic E-state index is -3.63. The second kappa shape index (κ2) is 5.55. The average Bonchev–Trinajstić information content (AvgIpc) is 2.79. The lowest BCUT2D eigenvalue weighted by Gasteiger charge is -2.12. The highest BCUT2D eigenvalue weighted by molar-refractivity contribution is 7.90. The minimum Gasteiger partial charge on any atom is -0.250 e. The van der Waals surface area contributed by atoms with Crippen LogP contribution in [0.1, 0.15) is 11.1 Å². The summed E-state index contributed by atoms with van der Waals surface area (Å²) in [6, 6.07) is 13.9. The predicted molar refractivity (Wildman–Crippen MR) is 87.0 cm³/mol. The lowest BCUT2D eigenvalue weighted by Crippen LogP contribution is -2.21. The van der Waals surface area contributed by atoms with E-state index in [1.54, 1.807) is 43.6 Å². The molecule has 1 heterocycles. The summed E-state index contributed by atoms with van der Waals surface area (Å²) in [7, 11) is -1.98. The fourth-order valence-electron chi connectivity index (χ4n) is 2.08. The van der Waals surface area contributed by atoms with E-state index in [9.17, 15) is 8.42 Å². The van der Waals surface area contributed by atoms with Crippen LogP contribution in [0, 0.1) is 0 Å². The molecule has 0 fully saturated rings. The first-order chi connectivity index (χ1) is 10.5. The summed E-state index contributed by atoms with van der Waals surface area (Å²) in [5.74, 6) is 0.306. The molecule has 22 heavy (non-hydrogen) atoms. The van der Waals surface area contributed by atoms with Crippen molar-refractivity contribution in [3.8, 4) is 0 Å². The Bertz CT molecular complexity index is 874. The van der Waals surface area contributed by atoms with Crippen LogP contribution in [0.2, 0.25) is 5.02 Å². The van der Waals surface area contributed by atoms with Gasteiger partial charge in [-0.15, -0.1) is 4.40 Å². The van der Waals surface area contributed by atoms with Gasteiger partial charge in [-0.3, -0.25) is 0 Å². The van der Waals surface area contributed by atoms with Gasteiger partial charge in [-0.25, -0.2) is 5.01 Å². The zero-order valence-corrected chi connectivity index (χ0v) is 13.2. The van der Waals surface area contributed by atoms with E-state index < -0.39 is 10.0 Å². The maximum atomic E-state index is 12.0. The van der Waals surface area contributed by atoms with Gasteiger partial charge >= 0.3 is 0 Å². The van der Waals surface area contributed by atoms with Crippen molar-refractivity contribution >= 4 is 33.7 Å². The second-order valence-electron chi connectivity index (χ2n) is 4.71. The van der Waals surface area contributed by atoms with Crippen molar-refractivity contribution < 1.29 is 8.42 Å². The van der Waals surface area contributed by atoms with Gasteiger partial charge in [0.05, 0.1) is 6.21 Å². The topological polar surface area (TPSA) is 62.1 Å². The van der Waals surface area contributed by atoms with Gasteiger partial charge in [-0.2, -0.15) is 13.5 Å². The molecule has 0 N–H and O–H groups in total. The SMILES string of the molecule is CN(/N=C\c1ccc(Cl)cc1)C1=NS(=O)(=O)c2ccccc21. The Kier molecular flexibility index (Phi) is 3.72. The number of hydrogen-bond donors (Lipinski definition) is 0. The van der Waals surface area contributed by atoms with Crippen molar-refractivity contribution in [2.24, 2.45) is 9.50 Å². The summed E-state index contributed by atoms with van der Waals surface area (Å²) in [6.45, 7) is 0. The van der Waals surface area contributed by atoms with Crippen LogP contribution in [-0.4, -0.2) is 32.5 Å². The Morgan fingerprint density at radius 2 is 1.82 bits per heavy atom. The third-order valence-electron chi connectivity index (χ3n) is 3.17. The number of amidine groups is 1. The van der Waals surface area contributed by atoms with E-state index in [1.807, 2.05) is 12.1 Å². The number of nitrogens with zero attached hydrogens (tertiary/aromatic N) is 3. The van der Waals surface area contributed by atoms with Gasteiger partial charge in [-0.1, -0.05) is 35.9 Å². The number of halogens is 1. The third-order valence-corrected chi connectivity index (χ3v) is 4.75. The Morgan fingerprint density at radius 1 is 1.14 bits per heavy atom. The molecular formula is C15H12ClN3O2S. The number of hydrazone groups is 1. The Hall–Kier alpha value is -2.18. The molecule has 1 aliphatic heterocycles. The molecule has 0 bridgehead atoms. The number of fused-ring (bicyclic) bond motifs is 1. The molecule has 112 valence electrons. The average molecular weight is 334 g/mol. The summed E-state index contributed by atoms with van der Waals surface area (Å²) in [5.41, 5.74) is 1.41. The van der Waals surface area contributed by atoms with E-state index in [4.69, 9.17) is 11.6 Å². The number of hydrogen-bond acceptors (Lipinski definition) is 4. The fraction of sp³-hybridized carbons (Fsp3) is 0.0667. The van der Waals surface area contributed by atoms with Gasteiger partial charge in [0.2, 0.25) is 0 Å². The molecule has 0 amide bonds. The maximum Gasteiger partial charge on any atom is 0.285 e. The lowest BCUT2D eigenvalue weighted by molar-refractivity contribution is 0.549. The lowest BCUT2D eigenvalue weighted by atomic mass is 10.2. The molecule has 0 aromatic heterocycles. The molecule has 0 atom stereocenters. The molecule has 0 aliphatic carbocycles. The normalized spacial score (nSPS) is 15.6. The molecule has 0 saturated carbocycles. The number of benzene rings is 2. The third kappa shape index (κ3) is 2.75. The van der Waals surface area contributed by atoms with Crippen molar-refractivity contribution in [2.75, 3.05) is 7.05 Å². The van der Waals surface area contributed by atoms with E-state index in [1.165, 1.54) is 11.1 Å². The van der Waals surface area contributed by atoms with E-state index in [-0.39, 0.29) is 4.90 Å². The van der Waals surface area contributed by atoms with Gasteiger partial charge in [0, 0.05) is 17.6 Å².